The van der Waals surface area contributed by atoms with E-state index in [-0.39, 0.29) is 24.0 Å². The van der Waals surface area contributed by atoms with Gasteiger partial charge in [-0.25, -0.2) is 8.42 Å². The molecule has 1 aliphatic rings. The molecule has 1 fully saturated rings. The Bertz CT molecular complexity index is 341. The van der Waals surface area contributed by atoms with Crippen molar-refractivity contribution < 1.29 is 17.2 Å². The molecule has 1 saturated carbocycles. The number of halogens is 2. The first-order chi connectivity index (χ1) is 6.85. The highest BCUT2D eigenvalue weighted by Gasteiger charge is 2.41. The quantitative estimate of drug-likeness (QED) is 0.712. The zero-order chi connectivity index (χ0) is 11.6. The van der Waals surface area contributed by atoms with E-state index in [0.717, 1.165) is 4.31 Å². The minimum absolute atomic E-state index is 0.0489. The third-order valence-electron chi connectivity index (χ3n) is 2.08. The third kappa shape index (κ3) is 3.32. The Morgan fingerprint density at radius 2 is 2.07 bits per heavy atom. The summed E-state index contributed by atoms with van der Waals surface area (Å²) in [6, 6.07) is -0.293. The molecule has 0 aliphatic heterocycles. The fourth-order valence-corrected chi connectivity index (χ4v) is 2.47. The first-order valence-corrected chi connectivity index (χ1v) is 6.34. The smallest absolute Gasteiger partial charge is 0.350 e. The van der Waals surface area contributed by atoms with Crippen LogP contribution in [0, 0.1) is 0 Å². The summed E-state index contributed by atoms with van der Waals surface area (Å²) >= 11 is 4.58. The lowest BCUT2D eigenvalue weighted by Crippen LogP contribution is -2.39. The maximum absolute atomic E-state index is 12.3. The molecule has 0 unspecified atom stereocenters. The van der Waals surface area contributed by atoms with Gasteiger partial charge in [0, 0.05) is 19.0 Å². The second-order valence-corrected chi connectivity index (χ2v) is 5.74. The summed E-state index contributed by atoms with van der Waals surface area (Å²) in [6.07, 6.45) is 1.39. The highest BCUT2D eigenvalue weighted by atomic mass is 32.2. The van der Waals surface area contributed by atoms with Crippen LogP contribution < -0.4 is 5.73 Å². The SMILES string of the molecule is NC(=S)CCN(C1CC1)S(=O)(=O)C(F)F. The standard InChI is InChI=1S/C7H12F2N2O2S2/c8-7(9)15(12,13)11(5-1-2-5)4-3-6(10)14/h5,7H,1-4H2,(H2,10,14). The average molecular weight is 258 g/mol. The molecule has 0 atom stereocenters. The maximum Gasteiger partial charge on any atom is 0.350 e. The Hall–Kier alpha value is -0.340. The summed E-state index contributed by atoms with van der Waals surface area (Å²) in [6.45, 7) is -0.0489. The van der Waals surface area contributed by atoms with Crippen molar-refractivity contribution in [1.29, 1.82) is 0 Å². The van der Waals surface area contributed by atoms with Gasteiger partial charge in [-0.15, -0.1) is 0 Å². The van der Waals surface area contributed by atoms with Gasteiger partial charge in [0.1, 0.15) is 0 Å². The second kappa shape index (κ2) is 4.67. The second-order valence-electron chi connectivity index (χ2n) is 3.36. The van der Waals surface area contributed by atoms with Crippen LogP contribution in [0.3, 0.4) is 0 Å². The van der Waals surface area contributed by atoms with E-state index >= 15 is 0 Å². The molecular formula is C7H12F2N2O2S2. The van der Waals surface area contributed by atoms with E-state index in [9.17, 15) is 17.2 Å². The van der Waals surface area contributed by atoms with Gasteiger partial charge in [-0.3, -0.25) is 0 Å². The normalized spacial score (nSPS) is 17.3. The Labute approximate surface area is 92.5 Å². The first-order valence-electron chi connectivity index (χ1n) is 4.43. The Balaban J connectivity index is 2.69. The molecular weight excluding hydrogens is 246 g/mol. The molecule has 1 rings (SSSR count). The Morgan fingerprint density at radius 1 is 1.53 bits per heavy atom. The van der Waals surface area contributed by atoms with Crippen LogP contribution >= 0.6 is 12.2 Å². The monoisotopic (exact) mass is 258 g/mol. The van der Waals surface area contributed by atoms with Crippen LogP contribution in [0.2, 0.25) is 0 Å². The average Bonchev–Trinajstić information content (AvgIpc) is 2.87. The predicted octanol–water partition coefficient (Wildman–Crippen LogP) is 0.679. The minimum Gasteiger partial charge on any atom is -0.393 e. The van der Waals surface area contributed by atoms with E-state index < -0.39 is 15.8 Å². The van der Waals surface area contributed by atoms with Gasteiger partial charge < -0.3 is 5.73 Å². The molecule has 0 heterocycles. The number of nitrogens with two attached hydrogens (primary N) is 1. The van der Waals surface area contributed by atoms with Crippen LogP contribution in [0.25, 0.3) is 0 Å². The lowest BCUT2D eigenvalue weighted by Gasteiger charge is -2.20. The van der Waals surface area contributed by atoms with Crippen LogP contribution in [-0.2, 0) is 10.0 Å². The molecule has 88 valence electrons. The fourth-order valence-electron chi connectivity index (χ4n) is 1.20. The summed E-state index contributed by atoms with van der Waals surface area (Å²) in [5, 5.41) is 0. The fraction of sp³-hybridized carbons (Fsp3) is 0.857. The number of thiocarbonyl (C=S) groups is 1. The Kier molecular flexibility index (Phi) is 3.96. The van der Waals surface area contributed by atoms with Crippen molar-refractivity contribution >= 4 is 27.2 Å². The molecule has 4 nitrogen and oxygen atoms in total. The highest BCUT2D eigenvalue weighted by Crippen LogP contribution is 2.31. The molecule has 1 aliphatic carbocycles. The van der Waals surface area contributed by atoms with E-state index in [4.69, 9.17) is 5.73 Å². The van der Waals surface area contributed by atoms with Crippen molar-refractivity contribution in [1.82, 2.24) is 4.31 Å². The van der Waals surface area contributed by atoms with Crippen LogP contribution in [-0.4, -0.2) is 36.1 Å². The summed E-state index contributed by atoms with van der Waals surface area (Å²) in [5.74, 6) is -3.37. The van der Waals surface area contributed by atoms with Crippen molar-refractivity contribution in [3.8, 4) is 0 Å². The van der Waals surface area contributed by atoms with Gasteiger partial charge in [-0.05, 0) is 12.8 Å². The molecule has 0 spiro atoms. The summed E-state index contributed by atoms with van der Waals surface area (Å²) in [5.41, 5.74) is 5.20. The van der Waals surface area contributed by atoms with Crippen molar-refractivity contribution in [3.63, 3.8) is 0 Å². The number of rotatable bonds is 6. The zero-order valence-corrected chi connectivity index (χ0v) is 9.53. The van der Waals surface area contributed by atoms with Crippen molar-refractivity contribution in [3.05, 3.63) is 0 Å². The number of nitrogens with zero attached hydrogens (tertiary/aromatic N) is 1. The number of sulfonamides is 1. The summed E-state index contributed by atoms with van der Waals surface area (Å²) in [4.78, 5) is 0.130. The van der Waals surface area contributed by atoms with E-state index in [1.807, 2.05) is 0 Å². The van der Waals surface area contributed by atoms with Gasteiger partial charge in [0.05, 0.1) is 4.99 Å². The topological polar surface area (TPSA) is 63.4 Å². The largest absolute Gasteiger partial charge is 0.393 e. The summed E-state index contributed by atoms with van der Waals surface area (Å²) in [7, 11) is -4.49. The van der Waals surface area contributed by atoms with E-state index in [1.54, 1.807) is 0 Å². The van der Waals surface area contributed by atoms with Gasteiger partial charge in [0.25, 0.3) is 10.0 Å². The summed E-state index contributed by atoms with van der Waals surface area (Å²) < 4.78 is 47.8. The van der Waals surface area contributed by atoms with Gasteiger partial charge in [0.2, 0.25) is 0 Å². The molecule has 0 aromatic rings. The molecule has 0 saturated heterocycles. The zero-order valence-electron chi connectivity index (χ0n) is 7.90. The molecule has 0 aromatic heterocycles. The van der Waals surface area contributed by atoms with Crippen LogP contribution in [0.1, 0.15) is 19.3 Å². The van der Waals surface area contributed by atoms with Crippen LogP contribution in [0.15, 0.2) is 0 Å². The number of hydrogen-bond donors (Lipinski definition) is 1. The van der Waals surface area contributed by atoms with Crippen LogP contribution in [0.5, 0.6) is 0 Å². The van der Waals surface area contributed by atoms with Gasteiger partial charge in [0.15, 0.2) is 0 Å². The molecule has 2 N–H and O–H groups in total. The third-order valence-corrected chi connectivity index (χ3v) is 3.87. The van der Waals surface area contributed by atoms with E-state index in [1.165, 1.54) is 0 Å². The lowest BCUT2D eigenvalue weighted by atomic mass is 10.4. The minimum atomic E-state index is -4.49. The van der Waals surface area contributed by atoms with Crippen molar-refractivity contribution in [2.75, 3.05) is 6.54 Å². The molecule has 0 aromatic carbocycles. The lowest BCUT2D eigenvalue weighted by molar-refractivity contribution is 0.218. The molecule has 0 amide bonds. The Morgan fingerprint density at radius 3 is 2.40 bits per heavy atom. The molecule has 15 heavy (non-hydrogen) atoms. The van der Waals surface area contributed by atoms with Crippen LogP contribution in [0.4, 0.5) is 8.78 Å². The van der Waals surface area contributed by atoms with Gasteiger partial charge in [-0.2, -0.15) is 13.1 Å². The molecule has 8 heteroatoms. The predicted molar refractivity (Wildman–Crippen MR) is 56.1 cm³/mol. The molecule has 0 bridgehead atoms. The van der Waals surface area contributed by atoms with Gasteiger partial charge in [-0.1, -0.05) is 12.2 Å². The van der Waals surface area contributed by atoms with Gasteiger partial charge >= 0.3 is 5.76 Å². The van der Waals surface area contributed by atoms with Crippen molar-refractivity contribution in [2.45, 2.75) is 31.1 Å². The van der Waals surface area contributed by atoms with E-state index in [2.05, 4.69) is 12.2 Å². The number of hydrogen-bond acceptors (Lipinski definition) is 3. The van der Waals surface area contributed by atoms with Crippen molar-refractivity contribution in [2.24, 2.45) is 5.73 Å². The maximum atomic E-state index is 12.3. The molecule has 0 radical (unpaired) electrons. The number of alkyl halides is 2. The first kappa shape index (κ1) is 12.7. The highest BCUT2D eigenvalue weighted by molar-refractivity contribution is 7.89. The van der Waals surface area contributed by atoms with E-state index in [0.29, 0.717) is 12.8 Å².